The van der Waals surface area contributed by atoms with E-state index in [0.29, 0.717) is 30.6 Å². The first-order valence-electron chi connectivity index (χ1n) is 7.85. The summed E-state index contributed by atoms with van der Waals surface area (Å²) in [6, 6.07) is 12.8. The lowest BCUT2D eigenvalue weighted by atomic mass is 9.90. The van der Waals surface area contributed by atoms with Crippen LogP contribution in [0.5, 0.6) is 0 Å². The maximum absolute atomic E-state index is 12.7. The van der Waals surface area contributed by atoms with E-state index in [-0.39, 0.29) is 11.8 Å². The molecule has 2 aromatic rings. The number of nitrogens with zero attached hydrogens (tertiary/aromatic N) is 1. The zero-order valence-corrected chi connectivity index (χ0v) is 13.3. The Morgan fingerprint density at radius 3 is 2.50 bits per heavy atom. The van der Waals surface area contributed by atoms with Crippen molar-refractivity contribution in [3.8, 4) is 0 Å². The maximum Gasteiger partial charge on any atom is 0.416 e. The molecule has 2 nitrogen and oxygen atoms in total. The van der Waals surface area contributed by atoms with E-state index in [1.165, 1.54) is 12.1 Å². The van der Waals surface area contributed by atoms with Gasteiger partial charge < -0.3 is 4.90 Å². The summed E-state index contributed by atoms with van der Waals surface area (Å²) >= 11 is 0. The fourth-order valence-electron chi connectivity index (χ4n) is 3.06. The first-order chi connectivity index (χ1) is 11.3. The average molecular weight is 333 g/mol. The number of halogens is 3. The number of amides is 1. The fraction of sp³-hybridized carbons (Fsp3) is 0.316. The van der Waals surface area contributed by atoms with Gasteiger partial charge in [-0.15, -0.1) is 0 Å². The Morgan fingerprint density at radius 1 is 1.12 bits per heavy atom. The lowest BCUT2D eigenvalue weighted by molar-refractivity contribution is -0.137. The monoisotopic (exact) mass is 333 g/mol. The predicted octanol–water partition coefficient (Wildman–Crippen LogP) is 4.33. The largest absolute Gasteiger partial charge is 0.416 e. The smallest absolute Gasteiger partial charge is 0.338 e. The summed E-state index contributed by atoms with van der Waals surface area (Å²) in [4.78, 5) is 14.2. The summed E-state index contributed by atoms with van der Waals surface area (Å²) in [5.41, 5.74) is 1.67. The van der Waals surface area contributed by atoms with E-state index in [9.17, 15) is 18.0 Å². The van der Waals surface area contributed by atoms with Crippen LogP contribution in [0.15, 0.2) is 48.5 Å². The Balaban J connectivity index is 1.60. The molecule has 24 heavy (non-hydrogen) atoms. The van der Waals surface area contributed by atoms with Gasteiger partial charge in [0, 0.05) is 18.7 Å². The first-order valence-corrected chi connectivity index (χ1v) is 7.85. The van der Waals surface area contributed by atoms with Crippen LogP contribution >= 0.6 is 0 Å². The summed E-state index contributed by atoms with van der Waals surface area (Å²) < 4.78 is 38.2. The third-order valence-electron chi connectivity index (χ3n) is 4.40. The van der Waals surface area contributed by atoms with E-state index in [1.807, 2.05) is 25.1 Å². The van der Waals surface area contributed by atoms with Gasteiger partial charge in [-0.25, -0.2) is 0 Å². The van der Waals surface area contributed by atoms with Crippen LogP contribution in [0.3, 0.4) is 0 Å². The second-order valence-electron chi connectivity index (χ2n) is 6.29. The maximum atomic E-state index is 12.7. The van der Waals surface area contributed by atoms with Crippen molar-refractivity contribution in [2.45, 2.75) is 19.5 Å². The first kappa shape index (κ1) is 16.6. The van der Waals surface area contributed by atoms with E-state index in [2.05, 4.69) is 0 Å². The Labute approximate surface area is 138 Å². The predicted molar refractivity (Wildman–Crippen MR) is 85.7 cm³/mol. The Kier molecular flexibility index (Phi) is 4.35. The number of benzene rings is 2. The van der Waals surface area contributed by atoms with Crippen LogP contribution < -0.4 is 0 Å². The molecule has 1 aliphatic heterocycles. The molecule has 5 heteroatoms. The zero-order valence-electron chi connectivity index (χ0n) is 13.3. The molecule has 0 radical (unpaired) electrons. The summed E-state index contributed by atoms with van der Waals surface area (Å²) in [7, 11) is 0. The van der Waals surface area contributed by atoms with Crippen LogP contribution in [0, 0.1) is 12.8 Å². The molecule has 1 saturated heterocycles. The van der Waals surface area contributed by atoms with Crippen molar-refractivity contribution in [1.29, 1.82) is 0 Å². The number of carbonyl (C=O) groups is 1. The molecule has 3 rings (SSSR count). The third-order valence-corrected chi connectivity index (χ3v) is 4.40. The zero-order chi connectivity index (χ0) is 17.3. The minimum Gasteiger partial charge on any atom is -0.338 e. The Morgan fingerprint density at radius 2 is 1.83 bits per heavy atom. The molecule has 0 saturated carbocycles. The SMILES string of the molecule is Cc1ccccc1C(=O)N1CC(Cc2cccc(C(F)(F)F)c2)C1. The molecular formula is C19H18F3NO. The number of alkyl halides is 3. The summed E-state index contributed by atoms with van der Waals surface area (Å²) in [5, 5.41) is 0. The van der Waals surface area contributed by atoms with Gasteiger partial charge in [-0.05, 0) is 42.5 Å². The number of hydrogen-bond donors (Lipinski definition) is 0. The van der Waals surface area contributed by atoms with Crippen molar-refractivity contribution in [3.63, 3.8) is 0 Å². The van der Waals surface area contributed by atoms with Crippen molar-refractivity contribution < 1.29 is 18.0 Å². The standard InChI is InChI=1S/C19H18F3NO/c1-13-5-2-3-8-17(13)18(24)23-11-15(12-23)9-14-6-4-7-16(10-14)19(20,21)22/h2-8,10,15H,9,11-12H2,1H3. The van der Waals surface area contributed by atoms with E-state index >= 15 is 0 Å². The topological polar surface area (TPSA) is 20.3 Å². The van der Waals surface area contributed by atoms with Crippen LogP contribution in [0.1, 0.15) is 27.0 Å². The number of rotatable bonds is 3. The highest BCUT2D eigenvalue weighted by Crippen LogP contribution is 2.31. The average Bonchev–Trinajstić information content (AvgIpc) is 2.50. The lowest BCUT2D eigenvalue weighted by Gasteiger charge is -2.39. The van der Waals surface area contributed by atoms with E-state index in [4.69, 9.17) is 0 Å². The fourth-order valence-corrected chi connectivity index (χ4v) is 3.06. The van der Waals surface area contributed by atoms with Gasteiger partial charge in [-0.2, -0.15) is 13.2 Å². The van der Waals surface area contributed by atoms with Gasteiger partial charge in [-0.3, -0.25) is 4.79 Å². The van der Waals surface area contributed by atoms with Crippen LogP contribution in [0.2, 0.25) is 0 Å². The van der Waals surface area contributed by atoms with Gasteiger partial charge in [0.25, 0.3) is 5.91 Å². The molecule has 0 spiro atoms. The molecule has 0 bridgehead atoms. The number of aryl methyl sites for hydroxylation is 1. The molecule has 126 valence electrons. The van der Waals surface area contributed by atoms with Gasteiger partial charge in [0.1, 0.15) is 0 Å². The minimum absolute atomic E-state index is 0.00612. The highest BCUT2D eigenvalue weighted by molar-refractivity contribution is 5.96. The number of carbonyl (C=O) groups excluding carboxylic acids is 1. The van der Waals surface area contributed by atoms with Gasteiger partial charge >= 0.3 is 6.18 Å². The van der Waals surface area contributed by atoms with Gasteiger partial charge in [0.05, 0.1) is 5.56 Å². The van der Waals surface area contributed by atoms with Gasteiger partial charge in [-0.1, -0.05) is 36.4 Å². The molecular weight excluding hydrogens is 315 g/mol. The lowest BCUT2D eigenvalue weighted by Crippen LogP contribution is -2.50. The van der Waals surface area contributed by atoms with Crippen molar-refractivity contribution in [1.82, 2.24) is 4.90 Å². The molecule has 1 heterocycles. The molecule has 0 N–H and O–H groups in total. The van der Waals surface area contributed by atoms with Gasteiger partial charge in [0.15, 0.2) is 0 Å². The normalized spacial score (nSPS) is 15.2. The van der Waals surface area contributed by atoms with E-state index in [0.717, 1.165) is 11.6 Å². The number of likely N-dealkylation sites (tertiary alicyclic amines) is 1. The molecule has 0 unspecified atom stereocenters. The van der Waals surface area contributed by atoms with E-state index in [1.54, 1.807) is 17.0 Å². The molecule has 1 fully saturated rings. The molecule has 1 amide bonds. The van der Waals surface area contributed by atoms with Crippen molar-refractivity contribution in [2.75, 3.05) is 13.1 Å². The van der Waals surface area contributed by atoms with Crippen LogP contribution in [0.4, 0.5) is 13.2 Å². The minimum atomic E-state index is -4.32. The molecule has 1 aliphatic rings. The highest BCUT2D eigenvalue weighted by atomic mass is 19.4. The van der Waals surface area contributed by atoms with Crippen molar-refractivity contribution >= 4 is 5.91 Å². The molecule has 0 aromatic heterocycles. The third kappa shape index (κ3) is 3.45. The second kappa shape index (κ2) is 6.30. The molecule has 0 aliphatic carbocycles. The van der Waals surface area contributed by atoms with Crippen LogP contribution in [-0.4, -0.2) is 23.9 Å². The van der Waals surface area contributed by atoms with Crippen LogP contribution in [0.25, 0.3) is 0 Å². The van der Waals surface area contributed by atoms with Crippen molar-refractivity contribution in [2.24, 2.45) is 5.92 Å². The Bertz CT molecular complexity index is 748. The summed E-state index contributed by atoms with van der Waals surface area (Å²) in [6.07, 6.45) is -3.76. The Hall–Kier alpha value is -2.30. The summed E-state index contributed by atoms with van der Waals surface area (Å²) in [5.74, 6) is 0.204. The molecule has 0 atom stereocenters. The summed E-state index contributed by atoms with van der Waals surface area (Å²) in [6.45, 7) is 3.07. The van der Waals surface area contributed by atoms with Crippen LogP contribution in [-0.2, 0) is 12.6 Å². The van der Waals surface area contributed by atoms with Crippen molar-refractivity contribution in [3.05, 3.63) is 70.8 Å². The second-order valence-corrected chi connectivity index (χ2v) is 6.29. The number of hydrogen-bond acceptors (Lipinski definition) is 1. The quantitative estimate of drug-likeness (QED) is 0.819. The molecule has 2 aromatic carbocycles. The highest BCUT2D eigenvalue weighted by Gasteiger charge is 2.33. The van der Waals surface area contributed by atoms with E-state index < -0.39 is 11.7 Å². The van der Waals surface area contributed by atoms with Gasteiger partial charge in [0.2, 0.25) is 0 Å².